The molecule has 0 aromatic carbocycles. The first-order valence-corrected chi connectivity index (χ1v) is 6.64. The van der Waals surface area contributed by atoms with Gasteiger partial charge in [0.25, 0.3) is 0 Å². The highest BCUT2D eigenvalue weighted by molar-refractivity contribution is 5.44. The van der Waals surface area contributed by atoms with Gasteiger partial charge in [-0.05, 0) is 45.0 Å². The lowest BCUT2D eigenvalue weighted by Crippen LogP contribution is -2.32. The summed E-state index contributed by atoms with van der Waals surface area (Å²) in [6.07, 6.45) is 2.89. The largest absolute Gasteiger partial charge is 0.350 e. The number of hydrogen-bond donors (Lipinski definition) is 1. The van der Waals surface area contributed by atoms with Gasteiger partial charge in [0.15, 0.2) is 0 Å². The van der Waals surface area contributed by atoms with Crippen LogP contribution in [0.25, 0.3) is 0 Å². The summed E-state index contributed by atoms with van der Waals surface area (Å²) in [5, 5.41) is 3.20. The Balaban J connectivity index is 3.11. The van der Waals surface area contributed by atoms with Crippen LogP contribution in [-0.4, -0.2) is 24.6 Å². The van der Waals surface area contributed by atoms with Crippen molar-refractivity contribution in [1.82, 2.24) is 10.3 Å². The average molecular weight is 247 g/mol. The molecule has 1 aromatic rings. The standard InChI is InChI=1S/C15H25N3/c1-6-8-18(12(3)4)15-10-13(11-16-5)9-14(7-2)17-15/h6,9-10,12,16H,1,7-8,11H2,2-5H3. The molecule has 0 bridgehead atoms. The Bertz CT molecular complexity index is 385. The highest BCUT2D eigenvalue weighted by Crippen LogP contribution is 2.18. The van der Waals surface area contributed by atoms with E-state index in [4.69, 9.17) is 4.98 Å². The minimum absolute atomic E-state index is 0.421. The highest BCUT2D eigenvalue weighted by atomic mass is 15.2. The molecule has 100 valence electrons. The molecule has 0 spiro atoms. The second kappa shape index (κ2) is 7.17. The zero-order valence-electron chi connectivity index (χ0n) is 12.0. The minimum atomic E-state index is 0.421. The Morgan fingerprint density at radius 2 is 2.17 bits per heavy atom. The Morgan fingerprint density at radius 3 is 2.67 bits per heavy atom. The number of pyridine rings is 1. The number of nitrogens with zero attached hydrogens (tertiary/aromatic N) is 2. The van der Waals surface area contributed by atoms with Gasteiger partial charge in [0.1, 0.15) is 5.82 Å². The van der Waals surface area contributed by atoms with E-state index in [-0.39, 0.29) is 0 Å². The van der Waals surface area contributed by atoms with Gasteiger partial charge in [0.05, 0.1) is 0 Å². The highest BCUT2D eigenvalue weighted by Gasteiger charge is 2.12. The van der Waals surface area contributed by atoms with Crippen molar-refractivity contribution in [2.75, 3.05) is 18.5 Å². The fourth-order valence-electron chi connectivity index (χ4n) is 1.98. The van der Waals surface area contributed by atoms with Crippen LogP contribution in [0.3, 0.4) is 0 Å². The summed E-state index contributed by atoms with van der Waals surface area (Å²) < 4.78 is 0. The van der Waals surface area contributed by atoms with Crippen molar-refractivity contribution < 1.29 is 0 Å². The lowest BCUT2D eigenvalue weighted by molar-refractivity contribution is 0.707. The number of aromatic nitrogens is 1. The van der Waals surface area contributed by atoms with Crippen LogP contribution in [0.15, 0.2) is 24.8 Å². The molecule has 0 amide bonds. The summed E-state index contributed by atoms with van der Waals surface area (Å²) in [7, 11) is 1.97. The molecule has 1 heterocycles. The summed E-state index contributed by atoms with van der Waals surface area (Å²) in [6.45, 7) is 12.0. The molecule has 0 saturated carbocycles. The Labute approximate surface area is 111 Å². The Kier molecular flexibility index (Phi) is 5.86. The lowest BCUT2D eigenvalue weighted by Gasteiger charge is -2.27. The van der Waals surface area contributed by atoms with Crippen LogP contribution in [0.4, 0.5) is 5.82 Å². The van der Waals surface area contributed by atoms with Gasteiger partial charge in [-0.25, -0.2) is 4.98 Å². The molecule has 0 atom stereocenters. The third-order valence-electron chi connectivity index (χ3n) is 2.91. The van der Waals surface area contributed by atoms with E-state index in [2.05, 4.69) is 49.7 Å². The molecule has 1 aromatic heterocycles. The molecule has 0 aliphatic heterocycles. The van der Waals surface area contributed by atoms with Crippen LogP contribution in [0.2, 0.25) is 0 Å². The molecule has 0 aliphatic carbocycles. The third kappa shape index (κ3) is 3.84. The average Bonchev–Trinajstić information content (AvgIpc) is 2.35. The SMILES string of the molecule is C=CCN(c1cc(CNC)cc(CC)n1)C(C)C. The summed E-state index contributed by atoms with van der Waals surface area (Å²) >= 11 is 0. The van der Waals surface area contributed by atoms with Crippen molar-refractivity contribution in [2.24, 2.45) is 0 Å². The van der Waals surface area contributed by atoms with Gasteiger partial charge in [-0.1, -0.05) is 13.0 Å². The molecule has 0 saturated heterocycles. The van der Waals surface area contributed by atoms with E-state index in [1.165, 1.54) is 5.56 Å². The summed E-state index contributed by atoms with van der Waals surface area (Å²) in [4.78, 5) is 6.99. The Hall–Kier alpha value is -1.35. The zero-order valence-corrected chi connectivity index (χ0v) is 12.0. The second-order valence-corrected chi connectivity index (χ2v) is 4.74. The van der Waals surface area contributed by atoms with E-state index in [0.29, 0.717) is 6.04 Å². The van der Waals surface area contributed by atoms with Gasteiger partial charge in [0, 0.05) is 24.8 Å². The number of aryl methyl sites for hydroxylation is 1. The van der Waals surface area contributed by atoms with E-state index >= 15 is 0 Å². The van der Waals surface area contributed by atoms with Crippen LogP contribution >= 0.6 is 0 Å². The van der Waals surface area contributed by atoms with Crippen LogP contribution in [0, 0.1) is 0 Å². The molecule has 1 rings (SSSR count). The van der Waals surface area contributed by atoms with Crippen LogP contribution in [0.1, 0.15) is 32.0 Å². The maximum Gasteiger partial charge on any atom is 0.129 e. The predicted molar refractivity (Wildman–Crippen MR) is 79.1 cm³/mol. The van der Waals surface area contributed by atoms with Gasteiger partial charge in [0.2, 0.25) is 0 Å². The first-order valence-electron chi connectivity index (χ1n) is 6.64. The molecule has 0 unspecified atom stereocenters. The van der Waals surface area contributed by atoms with E-state index in [9.17, 15) is 0 Å². The maximum atomic E-state index is 4.72. The van der Waals surface area contributed by atoms with E-state index in [1.54, 1.807) is 0 Å². The monoisotopic (exact) mass is 247 g/mol. The minimum Gasteiger partial charge on any atom is -0.350 e. The Morgan fingerprint density at radius 1 is 1.44 bits per heavy atom. The van der Waals surface area contributed by atoms with E-state index in [0.717, 1.165) is 31.0 Å². The fourth-order valence-corrected chi connectivity index (χ4v) is 1.98. The van der Waals surface area contributed by atoms with Crippen molar-refractivity contribution in [2.45, 2.75) is 39.8 Å². The quantitative estimate of drug-likeness (QED) is 0.751. The number of rotatable bonds is 7. The summed E-state index contributed by atoms with van der Waals surface area (Å²) in [6, 6.07) is 4.76. The molecule has 18 heavy (non-hydrogen) atoms. The molecule has 0 aliphatic rings. The first kappa shape index (κ1) is 14.7. The third-order valence-corrected chi connectivity index (χ3v) is 2.91. The molecular formula is C15H25N3. The van der Waals surface area contributed by atoms with Crippen LogP contribution < -0.4 is 10.2 Å². The fraction of sp³-hybridized carbons (Fsp3) is 0.533. The van der Waals surface area contributed by atoms with Gasteiger partial charge >= 0.3 is 0 Å². The van der Waals surface area contributed by atoms with Crippen molar-refractivity contribution in [3.05, 3.63) is 36.0 Å². The number of nitrogens with one attached hydrogen (secondary N) is 1. The maximum absolute atomic E-state index is 4.72. The molecule has 0 radical (unpaired) electrons. The summed E-state index contributed by atoms with van der Waals surface area (Å²) in [5.41, 5.74) is 2.43. The topological polar surface area (TPSA) is 28.2 Å². The van der Waals surface area contributed by atoms with Gasteiger partial charge in [-0.15, -0.1) is 6.58 Å². The number of hydrogen-bond acceptors (Lipinski definition) is 3. The summed E-state index contributed by atoms with van der Waals surface area (Å²) in [5.74, 6) is 1.05. The van der Waals surface area contributed by atoms with Gasteiger partial charge in [-0.2, -0.15) is 0 Å². The van der Waals surface area contributed by atoms with E-state index in [1.807, 2.05) is 13.1 Å². The zero-order chi connectivity index (χ0) is 13.5. The van der Waals surface area contributed by atoms with Crippen molar-refractivity contribution in [1.29, 1.82) is 0 Å². The van der Waals surface area contributed by atoms with Gasteiger partial charge < -0.3 is 10.2 Å². The van der Waals surface area contributed by atoms with Crippen LogP contribution in [0.5, 0.6) is 0 Å². The lowest BCUT2D eigenvalue weighted by atomic mass is 10.1. The van der Waals surface area contributed by atoms with Crippen molar-refractivity contribution in [3.63, 3.8) is 0 Å². The molecule has 3 nitrogen and oxygen atoms in total. The first-order chi connectivity index (χ1) is 8.62. The van der Waals surface area contributed by atoms with Crippen LogP contribution in [-0.2, 0) is 13.0 Å². The van der Waals surface area contributed by atoms with Crippen molar-refractivity contribution >= 4 is 5.82 Å². The molecule has 1 N–H and O–H groups in total. The molecular weight excluding hydrogens is 222 g/mol. The normalized spacial score (nSPS) is 10.7. The smallest absolute Gasteiger partial charge is 0.129 e. The molecule has 3 heteroatoms. The predicted octanol–water partition coefficient (Wildman–Crippen LogP) is 2.76. The number of anilines is 1. The van der Waals surface area contributed by atoms with Crippen molar-refractivity contribution in [3.8, 4) is 0 Å². The molecule has 0 fully saturated rings. The van der Waals surface area contributed by atoms with E-state index < -0.39 is 0 Å². The van der Waals surface area contributed by atoms with Gasteiger partial charge in [-0.3, -0.25) is 0 Å². The second-order valence-electron chi connectivity index (χ2n) is 4.74.